The first-order chi connectivity index (χ1) is 6.16. The Morgan fingerprint density at radius 3 is 2.85 bits per heavy atom. The van der Waals surface area contributed by atoms with Gasteiger partial charge in [0.1, 0.15) is 0 Å². The zero-order valence-electron chi connectivity index (χ0n) is 8.34. The van der Waals surface area contributed by atoms with Crippen LogP contribution in [0.15, 0.2) is 10.9 Å². The third-order valence-corrected chi connectivity index (χ3v) is 2.49. The van der Waals surface area contributed by atoms with E-state index in [0.717, 1.165) is 17.8 Å². The molecule has 0 unspecified atom stereocenters. The largest absolute Gasteiger partial charge is 0.319 e. The minimum atomic E-state index is 0.450. The SMILES string of the molecule is CCNCc1cnc(Br)n1C(C)C. The molecule has 0 atom stereocenters. The minimum Gasteiger partial charge on any atom is -0.319 e. The Kier molecular flexibility index (Phi) is 3.93. The number of hydrogen-bond acceptors (Lipinski definition) is 2. The summed E-state index contributed by atoms with van der Waals surface area (Å²) in [4.78, 5) is 4.23. The third-order valence-electron chi connectivity index (χ3n) is 1.90. The molecule has 0 saturated carbocycles. The summed E-state index contributed by atoms with van der Waals surface area (Å²) in [7, 11) is 0. The highest BCUT2D eigenvalue weighted by Crippen LogP contribution is 2.17. The predicted molar refractivity (Wildman–Crippen MR) is 57.7 cm³/mol. The van der Waals surface area contributed by atoms with Crippen molar-refractivity contribution in [2.45, 2.75) is 33.4 Å². The molecule has 0 aliphatic heterocycles. The molecule has 13 heavy (non-hydrogen) atoms. The van der Waals surface area contributed by atoms with E-state index in [4.69, 9.17) is 0 Å². The summed E-state index contributed by atoms with van der Waals surface area (Å²) < 4.78 is 3.10. The highest BCUT2D eigenvalue weighted by Gasteiger charge is 2.09. The molecule has 74 valence electrons. The molecule has 0 aliphatic rings. The molecule has 4 heteroatoms. The van der Waals surface area contributed by atoms with E-state index < -0.39 is 0 Å². The van der Waals surface area contributed by atoms with Gasteiger partial charge in [0.05, 0.1) is 11.9 Å². The van der Waals surface area contributed by atoms with Gasteiger partial charge >= 0.3 is 0 Å². The molecule has 0 saturated heterocycles. The molecule has 0 amide bonds. The molecule has 1 aromatic rings. The van der Waals surface area contributed by atoms with Gasteiger partial charge in [-0.3, -0.25) is 0 Å². The Labute approximate surface area is 87.7 Å². The zero-order valence-corrected chi connectivity index (χ0v) is 9.93. The summed E-state index contributed by atoms with van der Waals surface area (Å²) in [6, 6.07) is 0.450. The summed E-state index contributed by atoms with van der Waals surface area (Å²) in [6.45, 7) is 8.28. The molecule has 0 aromatic carbocycles. The van der Waals surface area contributed by atoms with Crippen LogP contribution in [-0.2, 0) is 6.54 Å². The van der Waals surface area contributed by atoms with Gasteiger partial charge in [0, 0.05) is 12.6 Å². The van der Waals surface area contributed by atoms with E-state index in [0.29, 0.717) is 6.04 Å². The van der Waals surface area contributed by atoms with Crippen molar-refractivity contribution in [3.05, 3.63) is 16.6 Å². The first-order valence-electron chi connectivity index (χ1n) is 4.59. The van der Waals surface area contributed by atoms with Crippen LogP contribution < -0.4 is 5.32 Å². The van der Waals surface area contributed by atoms with E-state index in [2.05, 4.69) is 51.6 Å². The number of halogens is 1. The maximum absolute atomic E-state index is 4.23. The number of rotatable bonds is 4. The summed E-state index contributed by atoms with van der Waals surface area (Å²) >= 11 is 3.43. The first-order valence-corrected chi connectivity index (χ1v) is 5.38. The highest BCUT2D eigenvalue weighted by molar-refractivity contribution is 9.10. The molecule has 0 aliphatic carbocycles. The molecule has 1 aromatic heterocycles. The number of nitrogens with zero attached hydrogens (tertiary/aromatic N) is 2. The Morgan fingerprint density at radius 2 is 2.31 bits per heavy atom. The minimum absolute atomic E-state index is 0.450. The van der Waals surface area contributed by atoms with Crippen molar-refractivity contribution < 1.29 is 0 Å². The lowest BCUT2D eigenvalue weighted by Crippen LogP contribution is -2.16. The van der Waals surface area contributed by atoms with Gasteiger partial charge in [-0.25, -0.2) is 4.98 Å². The maximum atomic E-state index is 4.23. The Hall–Kier alpha value is -0.350. The fraction of sp³-hybridized carbons (Fsp3) is 0.667. The topological polar surface area (TPSA) is 29.9 Å². The second-order valence-corrected chi connectivity index (χ2v) is 3.97. The number of nitrogens with one attached hydrogen (secondary N) is 1. The number of aromatic nitrogens is 2. The van der Waals surface area contributed by atoms with Gasteiger partial charge in [-0.1, -0.05) is 6.92 Å². The van der Waals surface area contributed by atoms with Crippen LogP contribution in [0.3, 0.4) is 0 Å². The normalized spacial score (nSPS) is 11.2. The molecule has 1 N–H and O–H groups in total. The smallest absolute Gasteiger partial charge is 0.177 e. The first kappa shape index (κ1) is 10.7. The monoisotopic (exact) mass is 245 g/mol. The van der Waals surface area contributed by atoms with Crippen molar-refractivity contribution in [1.82, 2.24) is 14.9 Å². The van der Waals surface area contributed by atoms with E-state index in [9.17, 15) is 0 Å². The lowest BCUT2D eigenvalue weighted by atomic mass is 10.3. The molecule has 3 nitrogen and oxygen atoms in total. The Balaban J connectivity index is 2.81. The standard InChI is InChI=1S/C9H16BrN3/c1-4-11-5-8-6-12-9(10)13(8)7(2)3/h6-7,11H,4-5H2,1-3H3. The Morgan fingerprint density at radius 1 is 1.62 bits per heavy atom. The summed E-state index contributed by atoms with van der Waals surface area (Å²) in [5.41, 5.74) is 1.23. The average molecular weight is 246 g/mol. The van der Waals surface area contributed by atoms with Crippen molar-refractivity contribution in [1.29, 1.82) is 0 Å². The molecule has 1 rings (SSSR count). The van der Waals surface area contributed by atoms with Crippen molar-refractivity contribution >= 4 is 15.9 Å². The van der Waals surface area contributed by atoms with Gasteiger partial charge in [-0.2, -0.15) is 0 Å². The molecule has 0 radical (unpaired) electrons. The molecular formula is C9H16BrN3. The van der Waals surface area contributed by atoms with E-state index in [-0.39, 0.29) is 0 Å². The van der Waals surface area contributed by atoms with Crippen molar-refractivity contribution in [2.75, 3.05) is 6.54 Å². The van der Waals surface area contributed by atoms with Crippen LogP contribution in [0.1, 0.15) is 32.5 Å². The maximum Gasteiger partial charge on any atom is 0.177 e. The van der Waals surface area contributed by atoms with Gasteiger partial charge in [0.2, 0.25) is 0 Å². The fourth-order valence-electron chi connectivity index (χ4n) is 1.30. The van der Waals surface area contributed by atoms with Gasteiger partial charge < -0.3 is 9.88 Å². The predicted octanol–water partition coefficient (Wildman–Crippen LogP) is 2.34. The van der Waals surface area contributed by atoms with E-state index in [1.165, 1.54) is 5.69 Å². The molecule has 0 fully saturated rings. The lowest BCUT2D eigenvalue weighted by molar-refractivity contribution is 0.545. The van der Waals surface area contributed by atoms with Crippen LogP contribution in [0.4, 0.5) is 0 Å². The fourth-order valence-corrected chi connectivity index (χ4v) is 2.04. The average Bonchev–Trinajstić information content (AvgIpc) is 2.43. The van der Waals surface area contributed by atoms with Crippen LogP contribution in [-0.4, -0.2) is 16.1 Å². The summed E-state index contributed by atoms with van der Waals surface area (Å²) in [5, 5.41) is 3.29. The lowest BCUT2D eigenvalue weighted by Gasteiger charge is -2.13. The zero-order chi connectivity index (χ0) is 9.84. The van der Waals surface area contributed by atoms with E-state index in [1.807, 2.05) is 6.20 Å². The van der Waals surface area contributed by atoms with Crippen molar-refractivity contribution in [2.24, 2.45) is 0 Å². The Bertz CT molecular complexity index is 268. The number of hydrogen-bond donors (Lipinski definition) is 1. The third kappa shape index (κ3) is 2.54. The molecule has 0 bridgehead atoms. The van der Waals surface area contributed by atoms with Gasteiger partial charge in [0.25, 0.3) is 0 Å². The molecule has 1 heterocycles. The second-order valence-electron chi connectivity index (χ2n) is 3.26. The van der Waals surface area contributed by atoms with Crippen LogP contribution >= 0.6 is 15.9 Å². The molecule has 0 spiro atoms. The quantitative estimate of drug-likeness (QED) is 0.883. The second kappa shape index (κ2) is 4.77. The van der Waals surface area contributed by atoms with Crippen molar-refractivity contribution in [3.63, 3.8) is 0 Å². The van der Waals surface area contributed by atoms with Crippen LogP contribution in [0.5, 0.6) is 0 Å². The van der Waals surface area contributed by atoms with Gasteiger partial charge in [-0.15, -0.1) is 0 Å². The number of imidazole rings is 1. The van der Waals surface area contributed by atoms with E-state index in [1.54, 1.807) is 0 Å². The van der Waals surface area contributed by atoms with Crippen LogP contribution in [0.25, 0.3) is 0 Å². The van der Waals surface area contributed by atoms with Gasteiger partial charge in [-0.05, 0) is 36.3 Å². The van der Waals surface area contributed by atoms with E-state index >= 15 is 0 Å². The van der Waals surface area contributed by atoms with Crippen LogP contribution in [0, 0.1) is 0 Å². The summed E-state index contributed by atoms with van der Waals surface area (Å²) in [5.74, 6) is 0. The van der Waals surface area contributed by atoms with Gasteiger partial charge in [0.15, 0.2) is 4.73 Å². The van der Waals surface area contributed by atoms with Crippen LogP contribution in [0.2, 0.25) is 0 Å². The highest BCUT2D eigenvalue weighted by atomic mass is 79.9. The van der Waals surface area contributed by atoms with Crippen molar-refractivity contribution in [3.8, 4) is 0 Å². The molecular weight excluding hydrogens is 230 g/mol. The summed E-state index contributed by atoms with van der Waals surface area (Å²) in [6.07, 6.45) is 1.91.